The molecular formula is C21H23N3O2. The van der Waals surface area contributed by atoms with Gasteiger partial charge >= 0.3 is 0 Å². The molecule has 0 spiro atoms. The van der Waals surface area contributed by atoms with E-state index in [9.17, 15) is 10.1 Å². The minimum Gasteiger partial charge on any atom is -0.497 e. The van der Waals surface area contributed by atoms with Crippen molar-refractivity contribution in [2.45, 2.75) is 26.2 Å². The van der Waals surface area contributed by atoms with Crippen LogP contribution in [0.1, 0.15) is 25.3 Å². The van der Waals surface area contributed by atoms with E-state index in [1.165, 1.54) is 11.8 Å². The molecule has 0 saturated carbocycles. The number of unbranched alkanes of at least 4 members (excludes halogenated alkanes) is 1. The first-order valence-electron chi connectivity index (χ1n) is 8.57. The SMILES string of the molecule is CCCCc1ccc(NC(=O)/C(C#N)=C\Nc2ccc(OC)cc2)cc1. The summed E-state index contributed by atoms with van der Waals surface area (Å²) in [5.41, 5.74) is 2.66. The van der Waals surface area contributed by atoms with Gasteiger partial charge in [-0.25, -0.2) is 0 Å². The third kappa shape index (κ3) is 5.67. The van der Waals surface area contributed by atoms with Gasteiger partial charge in [-0.05, 0) is 54.8 Å². The number of hydrogen-bond acceptors (Lipinski definition) is 4. The minimum absolute atomic E-state index is 0.00382. The van der Waals surface area contributed by atoms with E-state index in [2.05, 4.69) is 17.6 Å². The summed E-state index contributed by atoms with van der Waals surface area (Å²) in [5, 5.41) is 14.9. The van der Waals surface area contributed by atoms with Crippen LogP contribution in [0.25, 0.3) is 0 Å². The van der Waals surface area contributed by atoms with Gasteiger partial charge in [-0.1, -0.05) is 25.5 Å². The van der Waals surface area contributed by atoms with Gasteiger partial charge in [0, 0.05) is 17.6 Å². The Morgan fingerprint density at radius 3 is 2.35 bits per heavy atom. The van der Waals surface area contributed by atoms with Gasteiger partial charge < -0.3 is 15.4 Å². The topological polar surface area (TPSA) is 74.2 Å². The number of aryl methyl sites for hydroxylation is 1. The van der Waals surface area contributed by atoms with Gasteiger partial charge in [0.1, 0.15) is 17.4 Å². The number of carbonyl (C=O) groups is 1. The molecule has 0 aromatic heterocycles. The Hall–Kier alpha value is -3.26. The number of anilines is 2. The Morgan fingerprint density at radius 2 is 1.77 bits per heavy atom. The maximum absolute atomic E-state index is 12.3. The Bertz CT molecular complexity index is 788. The van der Waals surface area contributed by atoms with E-state index in [-0.39, 0.29) is 5.57 Å². The molecule has 134 valence electrons. The molecule has 0 aliphatic rings. The van der Waals surface area contributed by atoms with Gasteiger partial charge in [-0.3, -0.25) is 4.79 Å². The summed E-state index contributed by atoms with van der Waals surface area (Å²) in [5.74, 6) is 0.287. The highest BCUT2D eigenvalue weighted by atomic mass is 16.5. The number of nitriles is 1. The molecule has 2 N–H and O–H groups in total. The van der Waals surface area contributed by atoms with E-state index in [0.29, 0.717) is 5.69 Å². The van der Waals surface area contributed by atoms with E-state index in [1.807, 2.05) is 30.3 Å². The molecule has 0 unspecified atom stereocenters. The molecule has 0 saturated heterocycles. The van der Waals surface area contributed by atoms with E-state index >= 15 is 0 Å². The van der Waals surface area contributed by atoms with Crippen molar-refractivity contribution in [2.75, 3.05) is 17.7 Å². The molecule has 2 aromatic rings. The maximum Gasteiger partial charge on any atom is 0.267 e. The molecule has 0 heterocycles. The van der Waals surface area contributed by atoms with Crippen LogP contribution in [0.5, 0.6) is 5.75 Å². The summed E-state index contributed by atoms with van der Waals surface area (Å²) in [7, 11) is 1.59. The second kappa shape index (κ2) is 9.90. The molecule has 0 bridgehead atoms. The second-order valence-electron chi connectivity index (χ2n) is 5.80. The maximum atomic E-state index is 12.3. The number of amides is 1. The Kier molecular flexibility index (Phi) is 7.26. The van der Waals surface area contributed by atoms with Gasteiger partial charge in [0.2, 0.25) is 0 Å². The fourth-order valence-corrected chi connectivity index (χ4v) is 2.33. The van der Waals surface area contributed by atoms with Gasteiger partial charge in [-0.2, -0.15) is 5.26 Å². The van der Waals surface area contributed by atoms with Crippen LogP contribution in [0, 0.1) is 11.3 Å². The van der Waals surface area contributed by atoms with Crippen LogP contribution in [-0.2, 0) is 11.2 Å². The van der Waals surface area contributed by atoms with E-state index in [0.717, 1.165) is 30.7 Å². The number of ether oxygens (including phenoxy) is 1. The van der Waals surface area contributed by atoms with Crippen molar-refractivity contribution < 1.29 is 9.53 Å². The first-order chi connectivity index (χ1) is 12.7. The largest absolute Gasteiger partial charge is 0.497 e. The van der Waals surface area contributed by atoms with Crippen molar-refractivity contribution in [1.82, 2.24) is 0 Å². The van der Waals surface area contributed by atoms with Crippen LogP contribution in [0.2, 0.25) is 0 Å². The monoisotopic (exact) mass is 349 g/mol. The first-order valence-corrected chi connectivity index (χ1v) is 8.57. The summed E-state index contributed by atoms with van der Waals surface area (Å²) in [4.78, 5) is 12.3. The van der Waals surface area contributed by atoms with Crippen LogP contribution >= 0.6 is 0 Å². The van der Waals surface area contributed by atoms with Gasteiger partial charge in [0.15, 0.2) is 0 Å². The molecule has 0 radical (unpaired) electrons. The Morgan fingerprint density at radius 1 is 1.12 bits per heavy atom. The van der Waals surface area contributed by atoms with Gasteiger partial charge in [-0.15, -0.1) is 0 Å². The highest BCUT2D eigenvalue weighted by molar-refractivity contribution is 6.06. The van der Waals surface area contributed by atoms with Crippen molar-refractivity contribution in [3.63, 3.8) is 0 Å². The lowest BCUT2D eigenvalue weighted by Crippen LogP contribution is -2.14. The third-order valence-electron chi connectivity index (χ3n) is 3.87. The van der Waals surface area contributed by atoms with E-state index in [1.54, 1.807) is 31.4 Å². The molecular weight excluding hydrogens is 326 g/mol. The third-order valence-corrected chi connectivity index (χ3v) is 3.87. The van der Waals surface area contributed by atoms with Crippen molar-refractivity contribution in [1.29, 1.82) is 5.26 Å². The van der Waals surface area contributed by atoms with E-state index < -0.39 is 5.91 Å². The number of nitrogens with zero attached hydrogens (tertiary/aromatic N) is 1. The average Bonchev–Trinajstić information content (AvgIpc) is 2.68. The standard InChI is InChI=1S/C21H23N3O2/c1-3-4-5-16-6-8-19(9-7-16)24-21(25)17(14-22)15-23-18-10-12-20(26-2)13-11-18/h6-13,15,23H,3-5H2,1-2H3,(H,24,25)/b17-15-. The van der Waals surface area contributed by atoms with Crippen LogP contribution in [0.4, 0.5) is 11.4 Å². The molecule has 0 fully saturated rings. The minimum atomic E-state index is -0.449. The van der Waals surface area contributed by atoms with Crippen LogP contribution < -0.4 is 15.4 Å². The van der Waals surface area contributed by atoms with Crippen LogP contribution in [-0.4, -0.2) is 13.0 Å². The van der Waals surface area contributed by atoms with Crippen LogP contribution in [0.15, 0.2) is 60.3 Å². The number of methoxy groups -OCH3 is 1. The zero-order valence-corrected chi connectivity index (χ0v) is 15.1. The highest BCUT2D eigenvalue weighted by Crippen LogP contribution is 2.16. The predicted octanol–water partition coefficient (Wildman–Crippen LogP) is 4.50. The molecule has 2 rings (SSSR count). The lowest BCUT2D eigenvalue weighted by molar-refractivity contribution is -0.112. The quantitative estimate of drug-likeness (QED) is 0.544. The van der Waals surface area contributed by atoms with E-state index in [4.69, 9.17) is 4.74 Å². The Balaban J connectivity index is 1.97. The second-order valence-corrected chi connectivity index (χ2v) is 5.80. The summed E-state index contributed by atoms with van der Waals surface area (Å²) < 4.78 is 5.09. The summed E-state index contributed by atoms with van der Waals surface area (Å²) >= 11 is 0. The molecule has 1 amide bonds. The lowest BCUT2D eigenvalue weighted by atomic mass is 10.1. The normalized spacial score (nSPS) is 10.7. The molecule has 26 heavy (non-hydrogen) atoms. The highest BCUT2D eigenvalue weighted by Gasteiger charge is 2.09. The van der Waals surface area contributed by atoms with Crippen molar-refractivity contribution in [2.24, 2.45) is 0 Å². The fourth-order valence-electron chi connectivity index (χ4n) is 2.33. The zero-order valence-electron chi connectivity index (χ0n) is 15.1. The predicted molar refractivity (Wildman–Crippen MR) is 104 cm³/mol. The molecule has 0 atom stereocenters. The zero-order chi connectivity index (χ0) is 18.8. The number of nitrogens with one attached hydrogen (secondary N) is 2. The van der Waals surface area contributed by atoms with Crippen LogP contribution in [0.3, 0.4) is 0 Å². The number of benzene rings is 2. The molecule has 5 nitrogen and oxygen atoms in total. The summed E-state index contributed by atoms with van der Waals surface area (Å²) in [6.45, 7) is 2.16. The van der Waals surface area contributed by atoms with Gasteiger partial charge in [0.05, 0.1) is 7.11 Å². The molecule has 2 aromatic carbocycles. The molecule has 0 aliphatic carbocycles. The number of carbonyl (C=O) groups excluding carboxylic acids is 1. The summed E-state index contributed by atoms with van der Waals surface area (Å²) in [6, 6.07) is 16.8. The van der Waals surface area contributed by atoms with Crippen molar-refractivity contribution in [3.8, 4) is 11.8 Å². The smallest absolute Gasteiger partial charge is 0.267 e. The Labute approximate surface area is 154 Å². The average molecular weight is 349 g/mol. The summed E-state index contributed by atoms with van der Waals surface area (Å²) in [6.07, 6.45) is 4.71. The number of hydrogen-bond donors (Lipinski definition) is 2. The number of rotatable bonds is 8. The fraction of sp³-hybridized carbons (Fsp3) is 0.238. The van der Waals surface area contributed by atoms with Crippen molar-refractivity contribution in [3.05, 3.63) is 65.9 Å². The molecule has 5 heteroatoms. The van der Waals surface area contributed by atoms with Crippen molar-refractivity contribution >= 4 is 17.3 Å². The van der Waals surface area contributed by atoms with Gasteiger partial charge in [0.25, 0.3) is 5.91 Å². The first kappa shape index (κ1) is 19.1. The molecule has 0 aliphatic heterocycles. The lowest BCUT2D eigenvalue weighted by Gasteiger charge is -2.07.